The lowest BCUT2D eigenvalue weighted by molar-refractivity contribution is 0.0624. The number of hydrogen-bond donors (Lipinski definition) is 2. The minimum Gasteiger partial charge on any atom is -0.382 e. The van der Waals surface area contributed by atoms with Crippen molar-refractivity contribution in [3.63, 3.8) is 0 Å². The number of halogens is 1. The molecule has 1 saturated heterocycles. The lowest BCUT2D eigenvalue weighted by Crippen LogP contribution is -2.40. The molecule has 1 aromatic heterocycles. The van der Waals surface area contributed by atoms with Crippen molar-refractivity contribution in [1.82, 2.24) is 10.3 Å². The Bertz CT molecular complexity index is 419. The van der Waals surface area contributed by atoms with Crippen LogP contribution in [0, 0.1) is 0 Å². The maximum Gasteiger partial charge on any atom is 0.253 e. The number of hydrogen-bond acceptors (Lipinski definition) is 4. The van der Waals surface area contributed by atoms with Gasteiger partial charge in [-0.05, 0) is 18.9 Å². The summed E-state index contributed by atoms with van der Waals surface area (Å²) in [6, 6.07) is 1.58. The van der Waals surface area contributed by atoms with Crippen molar-refractivity contribution in [2.75, 3.05) is 18.9 Å². The SMILES string of the molecule is Nc1ncc(C(=O)NC2CCCOC2)cc1Cl. The highest BCUT2D eigenvalue weighted by Gasteiger charge is 2.17. The minimum atomic E-state index is -0.199. The molecule has 0 aromatic carbocycles. The zero-order chi connectivity index (χ0) is 12.3. The van der Waals surface area contributed by atoms with Crippen molar-refractivity contribution in [2.45, 2.75) is 18.9 Å². The normalized spacial score (nSPS) is 19.9. The van der Waals surface area contributed by atoms with E-state index >= 15 is 0 Å². The fourth-order valence-corrected chi connectivity index (χ4v) is 1.86. The highest BCUT2D eigenvalue weighted by Crippen LogP contribution is 2.17. The van der Waals surface area contributed by atoms with Crippen LogP contribution >= 0.6 is 11.6 Å². The third kappa shape index (κ3) is 3.08. The predicted octanol–water partition coefficient (Wildman–Crippen LogP) is 1.23. The molecule has 3 N–H and O–H groups in total. The van der Waals surface area contributed by atoms with Crippen LogP contribution in [-0.4, -0.2) is 30.1 Å². The van der Waals surface area contributed by atoms with Gasteiger partial charge in [-0.2, -0.15) is 0 Å². The number of nitrogens with zero attached hydrogens (tertiary/aromatic N) is 1. The van der Waals surface area contributed by atoms with Crippen molar-refractivity contribution >= 4 is 23.3 Å². The molecule has 6 heteroatoms. The number of nitrogens with two attached hydrogens (primary N) is 1. The fraction of sp³-hybridized carbons (Fsp3) is 0.455. The van der Waals surface area contributed by atoms with E-state index in [0.717, 1.165) is 19.4 Å². The van der Waals surface area contributed by atoms with Gasteiger partial charge < -0.3 is 15.8 Å². The Hall–Kier alpha value is -1.33. The van der Waals surface area contributed by atoms with Gasteiger partial charge >= 0.3 is 0 Å². The lowest BCUT2D eigenvalue weighted by atomic mass is 10.1. The number of carbonyl (C=O) groups excluding carboxylic acids is 1. The van der Waals surface area contributed by atoms with Crippen molar-refractivity contribution in [3.8, 4) is 0 Å². The van der Waals surface area contributed by atoms with Crippen LogP contribution in [0.4, 0.5) is 5.82 Å². The standard InChI is InChI=1S/C11H14ClN3O2/c12-9-4-7(5-14-10(9)13)11(16)15-8-2-1-3-17-6-8/h4-5,8H,1-3,6H2,(H2,13,14)(H,15,16). The molecule has 0 radical (unpaired) electrons. The Morgan fingerprint density at radius 1 is 1.65 bits per heavy atom. The van der Waals surface area contributed by atoms with Crippen molar-refractivity contribution in [1.29, 1.82) is 0 Å². The highest BCUT2D eigenvalue weighted by atomic mass is 35.5. The molecule has 5 nitrogen and oxygen atoms in total. The topological polar surface area (TPSA) is 77.2 Å². The highest BCUT2D eigenvalue weighted by molar-refractivity contribution is 6.33. The van der Waals surface area contributed by atoms with Crippen LogP contribution < -0.4 is 11.1 Å². The van der Waals surface area contributed by atoms with Gasteiger partial charge in [0.25, 0.3) is 5.91 Å². The summed E-state index contributed by atoms with van der Waals surface area (Å²) in [5.74, 6) is 0.0270. The maximum atomic E-state index is 11.9. The van der Waals surface area contributed by atoms with Gasteiger partial charge in [0.15, 0.2) is 0 Å². The summed E-state index contributed by atoms with van der Waals surface area (Å²) in [7, 11) is 0. The number of carbonyl (C=O) groups is 1. The van der Waals surface area contributed by atoms with Crippen LogP contribution in [0.3, 0.4) is 0 Å². The van der Waals surface area contributed by atoms with Crippen LogP contribution in [0.25, 0.3) is 0 Å². The van der Waals surface area contributed by atoms with E-state index in [0.29, 0.717) is 12.2 Å². The number of rotatable bonds is 2. The number of ether oxygens (including phenoxy) is 1. The first kappa shape index (κ1) is 12.1. The molecule has 1 aromatic rings. The van der Waals surface area contributed by atoms with Gasteiger partial charge in [0.1, 0.15) is 5.82 Å². The molecule has 2 heterocycles. The maximum absolute atomic E-state index is 11.9. The Labute approximate surface area is 104 Å². The third-order valence-electron chi connectivity index (χ3n) is 2.63. The summed E-state index contributed by atoms with van der Waals surface area (Å²) >= 11 is 5.81. The number of aromatic nitrogens is 1. The van der Waals surface area contributed by atoms with Gasteiger partial charge in [0.05, 0.1) is 23.2 Å². The number of nitrogens with one attached hydrogen (secondary N) is 1. The monoisotopic (exact) mass is 255 g/mol. The van der Waals surface area contributed by atoms with Crippen LogP contribution in [0.1, 0.15) is 23.2 Å². The van der Waals surface area contributed by atoms with Crippen LogP contribution in [0.5, 0.6) is 0 Å². The van der Waals surface area contributed by atoms with Gasteiger partial charge in [-0.3, -0.25) is 4.79 Å². The lowest BCUT2D eigenvalue weighted by Gasteiger charge is -2.23. The number of amides is 1. The van der Waals surface area contributed by atoms with E-state index in [2.05, 4.69) is 10.3 Å². The van der Waals surface area contributed by atoms with E-state index in [1.165, 1.54) is 12.3 Å². The first-order valence-corrected chi connectivity index (χ1v) is 5.84. The molecule has 1 amide bonds. The third-order valence-corrected chi connectivity index (χ3v) is 2.93. The van der Waals surface area contributed by atoms with Crippen LogP contribution in [-0.2, 0) is 4.74 Å². The van der Waals surface area contributed by atoms with E-state index in [1.807, 2.05) is 0 Å². The Morgan fingerprint density at radius 3 is 3.12 bits per heavy atom. The first-order chi connectivity index (χ1) is 8.16. The zero-order valence-corrected chi connectivity index (χ0v) is 10.0. The summed E-state index contributed by atoms with van der Waals surface area (Å²) in [6.07, 6.45) is 3.31. The van der Waals surface area contributed by atoms with Crippen molar-refractivity contribution < 1.29 is 9.53 Å². The van der Waals surface area contributed by atoms with Crippen molar-refractivity contribution in [3.05, 3.63) is 22.8 Å². The number of pyridine rings is 1. The molecule has 1 unspecified atom stereocenters. The minimum absolute atomic E-state index is 0.0626. The van der Waals surface area contributed by atoms with Crippen molar-refractivity contribution in [2.24, 2.45) is 0 Å². The largest absolute Gasteiger partial charge is 0.382 e. The molecular formula is C11H14ClN3O2. The van der Waals surface area contributed by atoms with Gasteiger partial charge in [0.2, 0.25) is 0 Å². The molecule has 1 aliphatic heterocycles. The summed E-state index contributed by atoms with van der Waals surface area (Å²) < 4.78 is 5.29. The molecule has 0 saturated carbocycles. The summed E-state index contributed by atoms with van der Waals surface area (Å²) in [5.41, 5.74) is 5.89. The smallest absolute Gasteiger partial charge is 0.253 e. The number of nitrogen functional groups attached to an aromatic ring is 1. The zero-order valence-electron chi connectivity index (χ0n) is 9.28. The second-order valence-corrected chi connectivity index (χ2v) is 4.39. The molecule has 2 rings (SSSR count). The average Bonchev–Trinajstić information content (AvgIpc) is 2.34. The summed E-state index contributed by atoms with van der Waals surface area (Å²) in [6.45, 7) is 1.32. The predicted molar refractivity (Wildman–Crippen MR) is 65.0 cm³/mol. The molecule has 17 heavy (non-hydrogen) atoms. The molecule has 0 spiro atoms. The molecule has 92 valence electrons. The summed E-state index contributed by atoms with van der Waals surface area (Å²) in [4.78, 5) is 15.7. The Kier molecular flexibility index (Phi) is 3.81. The molecular weight excluding hydrogens is 242 g/mol. The molecule has 0 bridgehead atoms. The second-order valence-electron chi connectivity index (χ2n) is 3.98. The molecule has 1 fully saturated rings. The van der Waals surface area contributed by atoms with E-state index < -0.39 is 0 Å². The Balaban J connectivity index is 2.01. The number of anilines is 1. The quantitative estimate of drug-likeness (QED) is 0.833. The average molecular weight is 256 g/mol. The van der Waals surface area contributed by atoms with Gasteiger partial charge in [-0.15, -0.1) is 0 Å². The molecule has 1 aliphatic rings. The van der Waals surface area contributed by atoms with E-state index in [-0.39, 0.29) is 22.8 Å². The van der Waals surface area contributed by atoms with Crippen LogP contribution in [0.2, 0.25) is 5.02 Å². The van der Waals surface area contributed by atoms with Gasteiger partial charge in [0, 0.05) is 12.8 Å². The van der Waals surface area contributed by atoms with E-state index in [4.69, 9.17) is 22.1 Å². The Morgan fingerprint density at radius 2 is 2.47 bits per heavy atom. The summed E-state index contributed by atoms with van der Waals surface area (Å²) in [5, 5.41) is 3.17. The first-order valence-electron chi connectivity index (χ1n) is 5.46. The van der Waals surface area contributed by atoms with Crippen LogP contribution in [0.15, 0.2) is 12.3 Å². The molecule has 0 aliphatic carbocycles. The van der Waals surface area contributed by atoms with E-state index in [9.17, 15) is 4.79 Å². The van der Waals surface area contributed by atoms with Gasteiger partial charge in [-0.25, -0.2) is 4.98 Å². The van der Waals surface area contributed by atoms with E-state index in [1.54, 1.807) is 0 Å². The second kappa shape index (κ2) is 5.33. The fourth-order valence-electron chi connectivity index (χ4n) is 1.70. The van der Waals surface area contributed by atoms with Gasteiger partial charge in [-0.1, -0.05) is 11.6 Å². The molecule has 1 atom stereocenters.